The monoisotopic (exact) mass is 2270 g/mol. The molecule has 5 aromatic carbocycles. The fourth-order valence-corrected chi connectivity index (χ4v) is 14.5. The second-order valence-corrected chi connectivity index (χ2v) is 37.6. The Labute approximate surface area is 865 Å². The molecule has 49 heteroatoms. The number of alkyl halides is 1. The number of nitrogens with zero attached hydrogens (tertiary/aromatic N) is 9. The van der Waals surface area contributed by atoms with Gasteiger partial charge in [-0.25, -0.2) is 70.7 Å². The molecule has 0 amide bonds. The third-order valence-corrected chi connectivity index (χ3v) is 21.5. The number of nitrogens with two attached hydrogens (primary N) is 1. The van der Waals surface area contributed by atoms with Gasteiger partial charge in [0.25, 0.3) is 0 Å². The van der Waals surface area contributed by atoms with Gasteiger partial charge in [0.15, 0.2) is 35.1 Å². The summed E-state index contributed by atoms with van der Waals surface area (Å²) in [6.07, 6.45) is 5.76. The quantitative estimate of drug-likeness (QED) is 0.00873. The Morgan fingerprint density at radius 3 is 1.13 bits per heavy atom. The molecule has 3 N–H and O–H groups in total. The third kappa shape index (κ3) is 27.4. The Kier molecular flexibility index (Phi) is 39.0. The predicted molar refractivity (Wildman–Crippen MR) is 494 cm³/mol. The van der Waals surface area contributed by atoms with Gasteiger partial charge in [0.1, 0.15) is 133 Å². The molecule has 31 nitrogen and oxygen atoms in total. The van der Waals surface area contributed by atoms with Gasteiger partial charge in [-0.3, -0.25) is 9.36 Å². The van der Waals surface area contributed by atoms with E-state index < -0.39 is 88.4 Å². The molecule has 0 bridgehead atoms. The molecule has 0 spiro atoms. The Hall–Kier alpha value is -11.6. The predicted octanol–water partition coefficient (Wildman–Crippen LogP) is 18.0. The summed E-state index contributed by atoms with van der Waals surface area (Å²) in [6, 6.07) is 38.9. The zero-order valence-electron chi connectivity index (χ0n) is 70.7. The Bertz CT molecular complexity index is 6940. The Balaban J connectivity index is 0.000000172. The number of methoxy groups -OCH3 is 2. The molecule has 4 atom stereocenters. The van der Waals surface area contributed by atoms with Gasteiger partial charge in [0.05, 0.1) is 82.9 Å². The van der Waals surface area contributed by atoms with Crippen molar-refractivity contribution in [3.05, 3.63) is 337 Å². The molecule has 139 heavy (non-hydrogen) atoms. The standard InChI is InChI=1S/C18H12ClFN2O4.C17H9Cl2FN2O3.C17H11ClFN3O3.C17H10ClFN2O4.C13H12N2O5.C7H5BrClF.CH4.Cl3OP.HI.Li/c1-24-18-21-15(12-3-2-6-25-12)14-16(22-18)13(26-17(14)23)8-9-4-5-10(19)11(20)7-9;18-9-4-3-8(6-10(9)20)7-12-15-13(16(23)25-12)14(21-17(19)22-15)11-2-1-5-24-11;18-9-4-3-8(6-10(9)19)7-12-15-13(16(23)25-12)14(21-17(20)22-15)11-2-1-5-24-11;18-9-4-3-8(6-10(9)19)7-12-15-13(16(22)25-12)14(20-17(23)21-15)11-2-1-5-24-11;1-3-19-12(17)10-8(7-16)14-13(18-2)15-11(10)9-5-4-6-20-9;8-4-5-1-2-6(9)7(10)3-5;;1-5(2,3)4;;/h2-7,13H,8H2,1H3;1-6,12H,7H2;1-6,12H,7H2,(H2,20,21,22);1-6,12H,7H2,(H,20,21,23);4-7H,3H2,1-2H3;1-3H,4H2;1H4;;1H;/q;;;;;;;;;+1/p-1. The number of fused-ring (bicyclic) bond motifs is 4. The summed E-state index contributed by atoms with van der Waals surface area (Å²) >= 11 is 51.3. The van der Waals surface area contributed by atoms with Crippen LogP contribution in [0.3, 0.4) is 0 Å². The van der Waals surface area contributed by atoms with E-state index in [0.717, 1.165) is 5.56 Å². The second-order valence-electron chi connectivity index (χ2n) is 28.0. The fourth-order valence-electron chi connectivity index (χ4n) is 13.4. The van der Waals surface area contributed by atoms with Crippen LogP contribution in [0.2, 0.25) is 30.4 Å². The SMILES string of the molecule is C.CCOC(=O)c1c(C=O)nc(OC)nc1-c1ccco1.COc1nc(-c2ccco2)c2c(n1)C(Cc1ccc(Cl)c(F)c1)OC2=O.Fc1cc(CBr)ccc1Cl.Nc1nc(-c2ccco2)c2c(n1)C(Cc1ccc(Cl)c(F)c1)OC2=O.O=C1OC(Cc2ccc(Cl)c(F)c2)c2[nH]c(=O)nc(-c3ccco3)c21.O=C1OC(Cc2ccc(Cl)c(F)c2)c2nc(Cl)nc(-c3ccco3)c21.O=P(Cl)(Cl)Cl.[I-].[Li+]. The molecular weight excluding hydrogens is 2210 g/mol. The van der Waals surface area contributed by atoms with Crippen LogP contribution >= 0.6 is 124 Å². The van der Waals surface area contributed by atoms with E-state index in [-0.39, 0.29) is 199 Å². The van der Waals surface area contributed by atoms with Gasteiger partial charge in [0, 0.05) is 31.0 Å². The molecule has 4 aliphatic rings. The van der Waals surface area contributed by atoms with Crippen molar-refractivity contribution < 1.29 is 153 Å². The fraction of sp³-hybridized carbons (Fsp3) is 0.156. The van der Waals surface area contributed by atoms with Crippen molar-refractivity contribution in [1.29, 1.82) is 0 Å². The molecule has 0 fully saturated rings. The summed E-state index contributed by atoms with van der Waals surface area (Å²) < 4.78 is 140. The first-order chi connectivity index (χ1) is 65.1. The molecule has 0 saturated carbocycles. The van der Waals surface area contributed by atoms with Gasteiger partial charge >= 0.3 is 71.6 Å². The van der Waals surface area contributed by atoms with Crippen molar-refractivity contribution in [2.75, 3.05) is 26.6 Å². The minimum absolute atomic E-state index is 0. The number of rotatable bonds is 19. The van der Waals surface area contributed by atoms with E-state index in [9.17, 15) is 60.1 Å². The summed E-state index contributed by atoms with van der Waals surface area (Å²) in [4.78, 5) is 124. The molecule has 0 radical (unpaired) electrons. The van der Waals surface area contributed by atoms with Crippen LogP contribution in [0.15, 0.2) is 210 Å². The second kappa shape index (κ2) is 49.5. The van der Waals surface area contributed by atoms with Crippen molar-refractivity contribution in [3.8, 4) is 69.3 Å². The molecule has 10 aromatic heterocycles. The number of aromatic amines is 1. The van der Waals surface area contributed by atoms with Crippen LogP contribution in [0.1, 0.15) is 152 Å². The zero-order chi connectivity index (χ0) is 97.5. The van der Waals surface area contributed by atoms with E-state index in [1.165, 1.54) is 100 Å². The van der Waals surface area contributed by atoms with E-state index in [1.54, 1.807) is 104 Å². The number of H-pyrrole nitrogens is 1. The number of hydrogen-bond donors (Lipinski definition) is 2. The Morgan fingerprint density at radius 2 is 0.770 bits per heavy atom. The Morgan fingerprint density at radius 1 is 0.453 bits per heavy atom. The molecule has 716 valence electrons. The van der Waals surface area contributed by atoms with Crippen molar-refractivity contribution in [2.45, 2.75) is 69.8 Å². The maximum atomic E-state index is 13.7. The molecule has 14 heterocycles. The normalized spacial score (nSPS) is 14.1. The maximum absolute atomic E-state index is 13.7. The number of esters is 5. The van der Waals surface area contributed by atoms with Crippen LogP contribution in [0.5, 0.6) is 12.0 Å². The first kappa shape index (κ1) is 109. The van der Waals surface area contributed by atoms with Crippen molar-refractivity contribution in [3.63, 3.8) is 0 Å². The first-order valence-corrected chi connectivity index (χ1v) is 46.8. The number of ether oxygens (including phenoxy) is 7. The minimum atomic E-state index is -3.22. The van der Waals surface area contributed by atoms with Crippen LogP contribution in [-0.2, 0) is 59.3 Å². The molecule has 4 aliphatic heterocycles. The number of cyclic esters (lactones) is 4. The number of furan rings is 5. The summed E-state index contributed by atoms with van der Waals surface area (Å²) in [5.41, 5.74) is 11.6. The van der Waals surface area contributed by atoms with Crippen LogP contribution in [-0.4, -0.2) is 107 Å². The summed E-state index contributed by atoms with van der Waals surface area (Å²) in [6.45, 7) is 1.83. The number of anilines is 1. The summed E-state index contributed by atoms with van der Waals surface area (Å²) in [7, 11) is 2.79. The van der Waals surface area contributed by atoms with E-state index in [0.29, 0.717) is 85.4 Å². The smallest absolute Gasteiger partial charge is 1.00 e. The number of nitrogens with one attached hydrogen (secondary N) is 1. The topological polar surface area (TPSA) is 425 Å². The van der Waals surface area contributed by atoms with E-state index in [2.05, 4.69) is 99.5 Å². The van der Waals surface area contributed by atoms with Crippen LogP contribution in [0, 0.1) is 29.1 Å². The van der Waals surface area contributed by atoms with Gasteiger partial charge in [-0.2, -0.15) is 24.9 Å². The maximum Gasteiger partial charge on any atom is 1.00 e. The number of nitrogen functional groups attached to an aromatic ring is 1. The van der Waals surface area contributed by atoms with E-state index in [4.69, 9.17) is 131 Å². The third-order valence-electron chi connectivity index (χ3n) is 19.2. The largest absolute Gasteiger partial charge is 1.00 e. The van der Waals surface area contributed by atoms with Crippen LogP contribution < -0.4 is 63.7 Å². The zero-order valence-corrected chi connectivity index (χ0v) is 82.2. The minimum Gasteiger partial charge on any atom is -1.00 e. The van der Waals surface area contributed by atoms with Crippen molar-refractivity contribution >= 4 is 167 Å². The molecule has 19 rings (SSSR count). The molecule has 0 saturated heterocycles. The van der Waals surface area contributed by atoms with Crippen molar-refractivity contribution in [1.82, 2.24) is 49.8 Å². The average molecular weight is 2280 g/mol. The van der Waals surface area contributed by atoms with Gasteiger partial charge < -0.3 is 89.9 Å². The number of aromatic nitrogens is 10. The van der Waals surface area contributed by atoms with Gasteiger partial charge in [0.2, 0.25) is 11.2 Å². The van der Waals surface area contributed by atoms with E-state index in [1.807, 2.05) is 0 Å². The molecular formula is C90H63BrCl9F5ILiN11O20P. The van der Waals surface area contributed by atoms with Crippen molar-refractivity contribution in [2.24, 2.45) is 0 Å². The van der Waals surface area contributed by atoms with Gasteiger partial charge in [-0.1, -0.05) is 112 Å². The summed E-state index contributed by atoms with van der Waals surface area (Å²) in [5.74, 6) is -3.78. The molecule has 15 aromatic rings. The first-order valence-electron chi connectivity index (χ1n) is 39.0. The molecule has 0 aliphatic carbocycles. The van der Waals surface area contributed by atoms with Crippen LogP contribution in [0.4, 0.5) is 27.9 Å². The number of carbonyl (C=O) groups excluding carboxylic acids is 6. The van der Waals surface area contributed by atoms with Gasteiger partial charge in [-0.05, 0) is 201 Å². The van der Waals surface area contributed by atoms with Crippen LogP contribution in [0.25, 0.3) is 57.3 Å². The average Bonchev–Trinajstić information content (AvgIpc) is 1.62. The van der Waals surface area contributed by atoms with E-state index >= 15 is 0 Å². The van der Waals surface area contributed by atoms with Gasteiger partial charge in [-0.15, -0.1) is 0 Å². The number of carbonyl (C=O) groups is 6. The number of halogens is 16. The number of benzene rings is 5. The molecule has 4 unspecified atom stereocenters. The number of hydrogen-bond acceptors (Lipinski definition) is 30. The summed E-state index contributed by atoms with van der Waals surface area (Å²) in [5, 5.41) is -2.34. The number of aldehydes is 1.